The Balaban J connectivity index is 1.24. The summed E-state index contributed by atoms with van der Waals surface area (Å²) in [6, 6.07) is 6.00. The maximum atomic E-state index is 12.5. The second-order valence-corrected chi connectivity index (χ2v) is 10.1. The third kappa shape index (κ3) is 6.50. The molecule has 0 aliphatic carbocycles. The molecule has 0 bridgehead atoms. The minimum atomic E-state index is -1.35. The Hall–Kier alpha value is -3.25. The average molecular weight is 541 g/mol. The van der Waals surface area contributed by atoms with Crippen molar-refractivity contribution >= 4 is 17.7 Å². The van der Waals surface area contributed by atoms with Gasteiger partial charge in [0.25, 0.3) is 11.8 Å². The van der Waals surface area contributed by atoms with Crippen molar-refractivity contribution in [2.75, 3.05) is 13.2 Å². The number of hydrogen-bond donors (Lipinski definition) is 4. The van der Waals surface area contributed by atoms with Gasteiger partial charge in [-0.15, -0.1) is 0 Å². The molecule has 4 rings (SSSR count). The number of benzene rings is 1. The number of aromatic nitrogens is 2. The fourth-order valence-electron chi connectivity index (χ4n) is 5.33. The van der Waals surface area contributed by atoms with Crippen molar-refractivity contribution in [1.82, 2.24) is 20.4 Å². The number of aliphatic hydroxyl groups excluding tert-OH is 3. The molecule has 1 fully saturated rings. The van der Waals surface area contributed by atoms with E-state index in [4.69, 9.17) is 4.74 Å². The molecule has 2 aromatic rings. The van der Waals surface area contributed by atoms with Crippen molar-refractivity contribution in [3.05, 3.63) is 58.9 Å². The number of imide groups is 1. The van der Waals surface area contributed by atoms with Crippen LogP contribution in [0.4, 0.5) is 0 Å². The van der Waals surface area contributed by atoms with Gasteiger partial charge in [0, 0.05) is 19.0 Å². The number of aliphatic hydroxyl groups is 3. The highest BCUT2D eigenvalue weighted by atomic mass is 16.5. The van der Waals surface area contributed by atoms with Gasteiger partial charge in [0.2, 0.25) is 5.91 Å². The van der Waals surface area contributed by atoms with Gasteiger partial charge in [0.05, 0.1) is 36.2 Å². The summed E-state index contributed by atoms with van der Waals surface area (Å²) in [4.78, 5) is 38.0. The first-order valence-electron chi connectivity index (χ1n) is 13.5. The van der Waals surface area contributed by atoms with E-state index in [9.17, 15) is 29.7 Å². The summed E-state index contributed by atoms with van der Waals surface area (Å²) >= 11 is 0. The van der Waals surface area contributed by atoms with Gasteiger partial charge in [-0.2, -0.15) is 10.2 Å². The fraction of sp³-hybridized carbons (Fsp3) is 0.536. The molecule has 3 heterocycles. The van der Waals surface area contributed by atoms with E-state index in [1.807, 2.05) is 0 Å². The van der Waals surface area contributed by atoms with Crippen LogP contribution in [-0.2, 0) is 16.0 Å². The molecule has 0 spiro atoms. The number of unbranched alkanes of at least 4 members (excludes halogenated alkanes) is 5. The number of hydrogen-bond acceptors (Lipinski definition) is 9. The number of ether oxygens (including phenoxy) is 1. The van der Waals surface area contributed by atoms with Crippen LogP contribution in [0.1, 0.15) is 83.4 Å². The summed E-state index contributed by atoms with van der Waals surface area (Å²) < 4.78 is 5.91. The molecule has 1 aromatic heterocycles. The standard InChI is InChI=1S/C28H36N4O7/c1-17(34)31-23-25(36)24(35)22(16-33)39-26(23)21-15-30-29-14-18(21)10-6-4-2-3-5-9-13-32-27(37)19-11-7-8-12-20(19)28(32)38/h7-8,11-12,14-15,22-26,33,35-36H,2-6,9-10,13,16H2,1H3,(H,31,34)/t22-,23-,24+,25-,26-/m1/s1. The lowest BCUT2D eigenvalue weighted by Crippen LogP contribution is -2.60. The number of rotatable bonds is 12. The Labute approximate surface area is 227 Å². The monoisotopic (exact) mass is 540 g/mol. The molecular formula is C28H36N4O7. The Morgan fingerprint density at radius 3 is 2.21 bits per heavy atom. The first kappa shape index (κ1) is 28.8. The zero-order valence-corrected chi connectivity index (χ0v) is 22.0. The van der Waals surface area contributed by atoms with Gasteiger partial charge < -0.3 is 25.4 Å². The third-order valence-corrected chi connectivity index (χ3v) is 7.41. The van der Waals surface area contributed by atoms with Crippen LogP contribution in [0.25, 0.3) is 0 Å². The Bertz CT molecular complexity index is 1140. The minimum absolute atomic E-state index is 0.215. The molecule has 2 aliphatic heterocycles. The van der Waals surface area contributed by atoms with Crippen LogP contribution in [-0.4, -0.2) is 85.6 Å². The van der Waals surface area contributed by atoms with E-state index >= 15 is 0 Å². The van der Waals surface area contributed by atoms with Crippen molar-refractivity contribution in [3.8, 4) is 0 Å². The quantitative estimate of drug-likeness (QED) is 0.230. The van der Waals surface area contributed by atoms with E-state index in [2.05, 4.69) is 15.5 Å². The van der Waals surface area contributed by atoms with E-state index in [1.54, 1.807) is 30.5 Å². The first-order valence-corrected chi connectivity index (χ1v) is 13.5. The van der Waals surface area contributed by atoms with Crippen molar-refractivity contribution in [2.45, 2.75) is 82.3 Å². The van der Waals surface area contributed by atoms with Crippen LogP contribution in [0.5, 0.6) is 0 Å². The summed E-state index contributed by atoms with van der Waals surface area (Å²) in [6.45, 7) is 1.26. The molecular weight excluding hydrogens is 504 g/mol. The summed E-state index contributed by atoms with van der Waals surface area (Å²) in [5.41, 5.74) is 2.46. The summed E-state index contributed by atoms with van der Waals surface area (Å²) in [5, 5.41) is 41.2. The number of aryl methyl sites for hydroxylation is 1. The van der Waals surface area contributed by atoms with Gasteiger partial charge in [-0.05, 0) is 37.0 Å². The highest BCUT2D eigenvalue weighted by Gasteiger charge is 2.46. The van der Waals surface area contributed by atoms with Gasteiger partial charge in [-0.1, -0.05) is 37.8 Å². The van der Waals surface area contributed by atoms with Gasteiger partial charge in [-0.25, -0.2) is 0 Å². The molecule has 1 saturated heterocycles. The third-order valence-electron chi connectivity index (χ3n) is 7.41. The molecule has 2 aliphatic rings. The smallest absolute Gasteiger partial charge is 0.261 e. The van der Waals surface area contributed by atoms with Gasteiger partial charge >= 0.3 is 0 Å². The Morgan fingerprint density at radius 1 is 0.949 bits per heavy atom. The van der Waals surface area contributed by atoms with E-state index < -0.39 is 37.1 Å². The maximum Gasteiger partial charge on any atom is 0.261 e. The summed E-state index contributed by atoms with van der Waals surface area (Å²) in [6.07, 6.45) is 4.81. The Morgan fingerprint density at radius 2 is 1.56 bits per heavy atom. The summed E-state index contributed by atoms with van der Waals surface area (Å²) in [7, 11) is 0. The highest BCUT2D eigenvalue weighted by molar-refractivity contribution is 6.21. The molecule has 0 radical (unpaired) electrons. The van der Waals surface area contributed by atoms with E-state index in [0.29, 0.717) is 29.7 Å². The normalized spacial score (nSPS) is 24.6. The lowest BCUT2D eigenvalue weighted by molar-refractivity contribution is -0.197. The number of amides is 3. The van der Waals surface area contributed by atoms with Gasteiger partial charge in [0.1, 0.15) is 24.4 Å². The SMILES string of the molecule is CC(=O)N[C@@H]1[C@@H](O)[C@@H](O)[C@@H](CO)O[C@@H]1c1cnncc1CCCCCCCCN1C(=O)c2ccccc2C1=O. The van der Waals surface area contributed by atoms with Gasteiger partial charge in [0.15, 0.2) is 0 Å². The molecule has 210 valence electrons. The molecule has 1 aromatic carbocycles. The van der Waals surface area contributed by atoms with E-state index in [1.165, 1.54) is 18.0 Å². The molecule has 4 N–H and O–H groups in total. The largest absolute Gasteiger partial charge is 0.394 e. The van der Waals surface area contributed by atoms with Crippen molar-refractivity contribution in [2.24, 2.45) is 0 Å². The average Bonchev–Trinajstić information content (AvgIpc) is 3.18. The highest BCUT2D eigenvalue weighted by Crippen LogP contribution is 2.34. The van der Waals surface area contributed by atoms with Crippen LogP contribution in [0, 0.1) is 0 Å². The first-order chi connectivity index (χ1) is 18.8. The predicted molar refractivity (Wildman–Crippen MR) is 140 cm³/mol. The molecule has 5 atom stereocenters. The lowest BCUT2D eigenvalue weighted by Gasteiger charge is -2.43. The molecule has 39 heavy (non-hydrogen) atoms. The lowest BCUT2D eigenvalue weighted by atomic mass is 9.87. The van der Waals surface area contributed by atoms with Crippen LogP contribution < -0.4 is 5.32 Å². The van der Waals surface area contributed by atoms with E-state index in [0.717, 1.165) is 44.1 Å². The number of carbonyl (C=O) groups excluding carboxylic acids is 3. The van der Waals surface area contributed by atoms with Crippen LogP contribution in [0.15, 0.2) is 36.7 Å². The predicted octanol–water partition coefficient (Wildman–Crippen LogP) is 1.31. The van der Waals surface area contributed by atoms with Crippen LogP contribution in [0.2, 0.25) is 0 Å². The second-order valence-electron chi connectivity index (χ2n) is 10.1. The number of nitrogens with one attached hydrogen (secondary N) is 1. The van der Waals surface area contributed by atoms with Crippen LogP contribution >= 0.6 is 0 Å². The molecule has 11 nitrogen and oxygen atoms in total. The Kier molecular flexibility index (Phi) is 9.73. The maximum absolute atomic E-state index is 12.5. The molecule has 3 amide bonds. The minimum Gasteiger partial charge on any atom is -0.394 e. The zero-order chi connectivity index (χ0) is 27.9. The number of carbonyl (C=O) groups is 3. The molecule has 0 saturated carbocycles. The zero-order valence-electron chi connectivity index (χ0n) is 22.0. The second kappa shape index (κ2) is 13.2. The van der Waals surface area contributed by atoms with Crippen molar-refractivity contribution < 1.29 is 34.4 Å². The summed E-state index contributed by atoms with van der Waals surface area (Å²) in [5.74, 6) is -0.811. The topological polar surface area (TPSA) is 162 Å². The van der Waals surface area contributed by atoms with Crippen LogP contribution in [0.3, 0.4) is 0 Å². The van der Waals surface area contributed by atoms with Gasteiger partial charge in [-0.3, -0.25) is 19.3 Å². The van der Waals surface area contributed by atoms with Crippen molar-refractivity contribution in [1.29, 1.82) is 0 Å². The van der Waals surface area contributed by atoms with E-state index in [-0.39, 0.29) is 17.7 Å². The van der Waals surface area contributed by atoms with Crippen molar-refractivity contribution in [3.63, 3.8) is 0 Å². The molecule has 11 heteroatoms. The molecule has 0 unspecified atom stereocenters. The fourth-order valence-corrected chi connectivity index (χ4v) is 5.33. The number of nitrogens with zero attached hydrogens (tertiary/aromatic N) is 3. The number of fused-ring (bicyclic) bond motifs is 1.